The molecule has 6 nitrogen and oxygen atoms in total. The van der Waals surface area contributed by atoms with Gasteiger partial charge in [-0.1, -0.05) is 6.92 Å². The Kier molecular flexibility index (Phi) is 8.06. The molecular formula is C18H30F3N5OS. The van der Waals surface area contributed by atoms with E-state index in [4.69, 9.17) is 0 Å². The second-order valence-electron chi connectivity index (χ2n) is 6.96. The highest BCUT2D eigenvalue weighted by Gasteiger charge is 2.57. The number of rotatable bonds is 8. The Balaban J connectivity index is 2.04. The van der Waals surface area contributed by atoms with E-state index in [0.29, 0.717) is 17.8 Å². The van der Waals surface area contributed by atoms with Gasteiger partial charge in [-0.15, -0.1) is 0 Å². The van der Waals surface area contributed by atoms with E-state index in [0.717, 1.165) is 25.0 Å². The Morgan fingerprint density at radius 2 is 2.14 bits per heavy atom. The SMILES string of the molecule is CCNC(=NCCC(O)(c1nccn1C)C(F)(F)F)NC1CCC(SCC)C1. The minimum Gasteiger partial charge on any atom is -0.374 e. The zero-order chi connectivity index (χ0) is 20.8. The molecule has 1 aromatic heterocycles. The summed E-state index contributed by atoms with van der Waals surface area (Å²) in [5, 5.41) is 17.4. The van der Waals surface area contributed by atoms with E-state index in [1.807, 2.05) is 18.7 Å². The van der Waals surface area contributed by atoms with Gasteiger partial charge in [0.15, 0.2) is 5.96 Å². The molecule has 1 heterocycles. The number of alkyl halides is 3. The third-order valence-electron chi connectivity index (χ3n) is 4.88. The molecule has 1 aromatic rings. The van der Waals surface area contributed by atoms with Crippen molar-refractivity contribution in [3.05, 3.63) is 18.2 Å². The van der Waals surface area contributed by atoms with Crippen LogP contribution in [0, 0.1) is 0 Å². The van der Waals surface area contributed by atoms with Gasteiger partial charge in [-0.05, 0) is 31.9 Å². The lowest BCUT2D eigenvalue weighted by atomic mass is 9.98. The molecule has 0 spiro atoms. The number of halogens is 3. The van der Waals surface area contributed by atoms with Gasteiger partial charge in [-0.25, -0.2) is 4.98 Å². The number of thioether (sulfide) groups is 1. The summed E-state index contributed by atoms with van der Waals surface area (Å²) in [5.74, 6) is 1.14. The van der Waals surface area contributed by atoms with Crippen molar-refractivity contribution in [3.63, 3.8) is 0 Å². The van der Waals surface area contributed by atoms with Crippen molar-refractivity contribution < 1.29 is 18.3 Å². The summed E-state index contributed by atoms with van der Waals surface area (Å²) >= 11 is 1.94. The van der Waals surface area contributed by atoms with Crippen LogP contribution in [0.25, 0.3) is 0 Å². The molecule has 0 amide bonds. The monoisotopic (exact) mass is 421 g/mol. The summed E-state index contributed by atoms with van der Waals surface area (Å²) in [4.78, 5) is 7.98. The van der Waals surface area contributed by atoms with Crippen molar-refractivity contribution in [2.24, 2.45) is 12.0 Å². The van der Waals surface area contributed by atoms with E-state index >= 15 is 0 Å². The molecule has 3 unspecified atom stereocenters. The third kappa shape index (κ3) is 5.56. The second kappa shape index (κ2) is 9.87. The van der Waals surface area contributed by atoms with Crippen LogP contribution in [0.15, 0.2) is 17.4 Å². The number of aliphatic imine (C=N–C) groups is 1. The Labute approximate surface area is 168 Å². The topological polar surface area (TPSA) is 74.5 Å². The van der Waals surface area contributed by atoms with Crippen molar-refractivity contribution in [3.8, 4) is 0 Å². The summed E-state index contributed by atoms with van der Waals surface area (Å²) in [6.07, 6.45) is 0.338. The normalized spacial score (nSPS) is 22.9. The van der Waals surface area contributed by atoms with Gasteiger partial charge >= 0.3 is 6.18 Å². The summed E-state index contributed by atoms with van der Waals surface area (Å²) < 4.78 is 41.9. The van der Waals surface area contributed by atoms with Crippen LogP contribution in [-0.4, -0.2) is 56.9 Å². The van der Waals surface area contributed by atoms with Crippen LogP contribution in [0.2, 0.25) is 0 Å². The molecule has 10 heteroatoms. The molecule has 1 aliphatic rings. The smallest absolute Gasteiger partial charge is 0.374 e. The molecule has 3 atom stereocenters. The Morgan fingerprint density at radius 3 is 2.71 bits per heavy atom. The minimum absolute atomic E-state index is 0.182. The Bertz CT molecular complexity index is 651. The lowest BCUT2D eigenvalue weighted by Crippen LogP contribution is -2.46. The molecule has 1 saturated carbocycles. The first-order valence-electron chi connectivity index (χ1n) is 9.64. The zero-order valence-corrected chi connectivity index (χ0v) is 17.4. The Hall–Kier alpha value is -1.42. The molecule has 0 aliphatic heterocycles. The van der Waals surface area contributed by atoms with Crippen LogP contribution in [0.5, 0.6) is 0 Å². The number of hydrogen-bond acceptors (Lipinski definition) is 4. The Morgan fingerprint density at radius 1 is 1.39 bits per heavy atom. The van der Waals surface area contributed by atoms with Gasteiger partial charge in [0.1, 0.15) is 5.82 Å². The molecule has 3 N–H and O–H groups in total. The van der Waals surface area contributed by atoms with Crippen LogP contribution in [0.3, 0.4) is 0 Å². The van der Waals surface area contributed by atoms with Gasteiger partial charge in [0, 0.05) is 50.2 Å². The molecule has 1 fully saturated rings. The average molecular weight is 422 g/mol. The number of aromatic nitrogens is 2. The number of nitrogens with zero attached hydrogens (tertiary/aromatic N) is 3. The zero-order valence-electron chi connectivity index (χ0n) is 16.6. The van der Waals surface area contributed by atoms with E-state index in [1.54, 1.807) is 0 Å². The van der Waals surface area contributed by atoms with Gasteiger partial charge in [0.05, 0.1) is 0 Å². The predicted octanol–water partition coefficient (Wildman–Crippen LogP) is 2.79. The van der Waals surface area contributed by atoms with Gasteiger partial charge in [-0.3, -0.25) is 4.99 Å². The first kappa shape index (κ1) is 22.9. The van der Waals surface area contributed by atoms with Crippen LogP contribution in [-0.2, 0) is 12.6 Å². The maximum atomic E-state index is 13.6. The third-order valence-corrected chi connectivity index (χ3v) is 6.11. The molecule has 160 valence electrons. The van der Waals surface area contributed by atoms with E-state index in [2.05, 4.69) is 27.5 Å². The van der Waals surface area contributed by atoms with Crippen LogP contribution in [0.4, 0.5) is 13.2 Å². The van der Waals surface area contributed by atoms with Gasteiger partial charge in [-0.2, -0.15) is 24.9 Å². The summed E-state index contributed by atoms with van der Waals surface area (Å²) in [7, 11) is 1.43. The molecule has 0 bridgehead atoms. The fraction of sp³-hybridized carbons (Fsp3) is 0.778. The number of imidazole rings is 1. The first-order valence-corrected chi connectivity index (χ1v) is 10.7. The highest BCUT2D eigenvalue weighted by atomic mass is 32.2. The highest BCUT2D eigenvalue weighted by Crippen LogP contribution is 2.40. The average Bonchev–Trinajstić information content (AvgIpc) is 3.23. The summed E-state index contributed by atoms with van der Waals surface area (Å²) in [6.45, 7) is 4.47. The molecule has 1 aliphatic carbocycles. The number of guanidine groups is 1. The largest absolute Gasteiger partial charge is 0.424 e. The molecule has 0 aromatic carbocycles. The quantitative estimate of drug-likeness (QED) is 0.445. The van der Waals surface area contributed by atoms with Gasteiger partial charge in [0.25, 0.3) is 0 Å². The molecule has 0 radical (unpaired) electrons. The number of nitrogens with one attached hydrogen (secondary N) is 2. The maximum Gasteiger partial charge on any atom is 0.424 e. The minimum atomic E-state index is -4.84. The summed E-state index contributed by atoms with van der Waals surface area (Å²) in [6, 6.07) is 0.262. The number of aryl methyl sites for hydroxylation is 1. The summed E-state index contributed by atoms with van der Waals surface area (Å²) in [5.41, 5.74) is -3.04. The number of aliphatic hydroxyl groups is 1. The van der Waals surface area contributed by atoms with E-state index in [-0.39, 0.29) is 12.6 Å². The maximum absolute atomic E-state index is 13.6. The van der Waals surface area contributed by atoms with Crippen molar-refractivity contribution in [1.29, 1.82) is 0 Å². The molecular weight excluding hydrogens is 391 g/mol. The first-order chi connectivity index (χ1) is 13.2. The van der Waals surface area contributed by atoms with Crippen LogP contribution in [0.1, 0.15) is 45.4 Å². The van der Waals surface area contributed by atoms with Gasteiger partial charge < -0.3 is 20.3 Å². The van der Waals surface area contributed by atoms with Crippen LogP contribution < -0.4 is 10.6 Å². The van der Waals surface area contributed by atoms with E-state index in [1.165, 1.54) is 24.0 Å². The fourth-order valence-corrected chi connectivity index (χ4v) is 4.59. The standard InChI is InChI=1S/C18H30F3N5OS/c1-4-22-16(25-13-6-7-14(12-13)28-5-2)24-9-8-17(27,18(19,20)21)15-23-10-11-26(15)3/h10-11,13-14,27H,4-9,12H2,1-3H3,(H2,22,24,25). The molecule has 28 heavy (non-hydrogen) atoms. The molecule has 0 saturated heterocycles. The molecule has 2 rings (SSSR count). The second-order valence-corrected chi connectivity index (χ2v) is 8.54. The van der Waals surface area contributed by atoms with Gasteiger partial charge in [0.2, 0.25) is 5.60 Å². The van der Waals surface area contributed by atoms with E-state index in [9.17, 15) is 18.3 Å². The lowest BCUT2D eigenvalue weighted by Gasteiger charge is -2.29. The van der Waals surface area contributed by atoms with Crippen molar-refractivity contribution >= 4 is 17.7 Å². The van der Waals surface area contributed by atoms with Crippen molar-refractivity contribution in [1.82, 2.24) is 20.2 Å². The van der Waals surface area contributed by atoms with Crippen molar-refractivity contribution in [2.45, 2.75) is 62.6 Å². The van der Waals surface area contributed by atoms with Crippen molar-refractivity contribution in [2.75, 3.05) is 18.8 Å². The van der Waals surface area contributed by atoms with Crippen LogP contribution >= 0.6 is 11.8 Å². The number of hydrogen-bond donors (Lipinski definition) is 3. The van der Waals surface area contributed by atoms with E-state index < -0.39 is 24.0 Å². The lowest BCUT2D eigenvalue weighted by molar-refractivity contribution is -0.272. The predicted molar refractivity (Wildman–Crippen MR) is 106 cm³/mol. The fourth-order valence-electron chi connectivity index (χ4n) is 3.45. The highest BCUT2D eigenvalue weighted by molar-refractivity contribution is 7.99.